The van der Waals surface area contributed by atoms with E-state index < -0.39 is 0 Å². The number of hydrogen-bond acceptors (Lipinski definition) is 2. The number of fused-ring (bicyclic) bond motifs is 2. The van der Waals surface area contributed by atoms with Gasteiger partial charge in [-0.2, -0.15) is 0 Å². The Morgan fingerprint density at radius 3 is 2.67 bits per heavy atom. The fraction of sp³-hybridized carbons (Fsp3) is 1.00. The van der Waals surface area contributed by atoms with Gasteiger partial charge in [0.2, 0.25) is 0 Å². The highest BCUT2D eigenvalue weighted by atomic mass is 15.1. The molecule has 2 fully saturated rings. The van der Waals surface area contributed by atoms with E-state index in [0.717, 1.165) is 18.0 Å². The maximum atomic E-state index is 3.49. The van der Waals surface area contributed by atoms with E-state index in [1.807, 2.05) is 0 Å². The van der Waals surface area contributed by atoms with Crippen LogP contribution in [0, 0.1) is 5.92 Å². The normalized spacial score (nSPS) is 48.3. The molecule has 1 aliphatic carbocycles. The van der Waals surface area contributed by atoms with Gasteiger partial charge >= 0.3 is 0 Å². The van der Waals surface area contributed by atoms with Crippen LogP contribution in [0.2, 0.25) is 0 Å². The van der Waals surface area contributed by atoms with Crippen LogP contribution in [0.4, 0.5) is 0 Å². The van der Waals surface area contributed by atoms with Gasteiger partial charge in [-0.25, -0.2) is 0 Å². The van der Waals surface area contributed by atoms with E-state index in [1.165, 1.54) is 19.4 Å². The molecule has 0 aromatic heterocycles. The van der Waals surface area contributed by atoms with Gasteiger partial charge in [-0.3, -0.25) is 0 Å². The van der Waals surface area contributed by atoms with Gasteiger partial charge in [0.25, 0.3) is 0 Å². The predicted molar refractivity (Wildman–Crippen MR) is 37.4 cm³/mol. The number of likely N-dealkylation sites (N-methyl/N-ethyl adjacent to an activating group) is 1. The van der Waals surface area contributed by atoms with Crippen molar-refractivity contribution in [3.8, 4) is 0 Å². The van der Waals surface area contributed by atoms with Gasteiger partial charge < -0.3 is 10.6 Å². The van der Waals surface area contributed by atoms with E-state index in [9.17, 15) is 0 Å². The third-order valence-electron chi connectivity index (χ3n) is 2.70. The average molecular weight is 126 g/mol. The van der Waals surface area contributed by atoms with Crippen molar-refractivity contribution in [2.24, 2.45) is 5.92 Å². The molecule has 1 heterocycles. The molecule has 0 radical (unpaired) electrons. The topological polar surface area (TPSA) is 24.1 Å². The SMILES string of the molecule is CNC1CC2CNC1C2. The van der Waals surface area contributed by atoms with E-state index >= 15 is 0 Å². The molecule has 3 unspecified atom stereocenters. The van der Waals surface area contributed by atoms with Crippen LogP contribution < -0.4 is 10.6 Å². The molecule has 2 N–H and O–H groups in total. The Morgan fingerprint density at radius 2 is 2.33 bits per heavy atom. The minimum atomic E-state index is 0.767. The van der Waals surface area contributed by atoms with E-state index in [0.29, 0.717) is 0 Å². The number of rotatable bonds is 1. The summed E-state index contributed by atoms with van der Waals surface area (Å²) in [5.41, 5.74) is 0. The molecule has 2 rings (SSSR count). The minimum absolute atomic E-state index is 0.767. The summed E-state index contributed by atoms with van der Waals surface area (Å²) in [6.07, 6.45) is 2.81. The number of piperidine rings is 1. The molecule has 0 aromatic rings. The van der Waals surface area contributed by atoms with Crippen molar-refractivity contribution >= 4 is 0 Å². The molecule has 0 aromatic carbocycles. The molecule has 2 heteroatoms. The molecule has 2 aliphatic rings. The summed E-state index contributed by atoms with van der Waals surface area (Å²) in [6.45, 7) is 1.27. The summed E-state index contributed by atoms with van der Waals surface area (Å²) in [5.74, 6) is 0.979. The molecule has 1 saturated carbocycles. The molecule has 9 heavy (non-hydrogen) atoms. The minimum Gasteiger partial charge on any atom is -0.315 e. The quantitative estimate of drug-likeness (QED) is 0.515. The largest absolute Gasteiger partial charge is 0.315 e. The van der Waals surface area contributed by atoms with Crippen LogP contribution in [0.15, 0.2) is 0 Å². The van der Waals surface area contributed by atoms with E-state index in [1.54, 1.807) is 0 Å². The second-order valence-electron chi connectivity index (χ2n) is 3.25. The van der Waals surface area contributed by atoms with Gasteiger partial charge in [-0.1, -0.05) is 0 Å². The Kier molecular flexibility index (Phi) is 1.24. The zero-order valence-corrected chi connectivity index (χ0v) is 5.85. The molecule has 52 valence electrons. The van der Waals surface area contributed by atoms with Gasteiger partial charge in [-0.05, 0) is 32.4 Å². The van der Waals surface area contributed by atoms with Crippen molar-refractivity contribution in [2.45, 2.75) is 24.9 Å². The first-order valence-corrected chi connectivity index (χ1v) is 3.81. The lowest BCUT2D eigenvalue weighted by atomic mass is 10.1. The Bertz CT molecular complexity index is 113. The molecule has 0 spiro atoms. The standard InChI is InChI=1S/C7H14N2/c1-8-6-2-5-3-7(6)9-4-5/h5-9H,2-4H2,1H3. The summed E-state index contributed by atoms with van der Waals surface area (Å²) < 4.78 is 0. The Hall–Kier alpha value is -0.0800. The fourth-order valence-electron chi connectivity index (χ4n) is 2.17. The van der Waals surface area contributed by atoms with Crippen molar-refractivity contribution in [1.82, 2.24) is 10.6 Å². The van der Waals surface area contributed by atoms with Gasteiger partial charge in [0, 0.05) is 12.1 Å². The highest BCUT2D eigenvalue weighted by Crippen LogP contribution is 2.30. The van der Waals surface area contributed by atoms with Crippen LogP contribution in [-0.4, -0.2) is 25.7 Å². The molecule has 2 nitrogen and oxygen atoms in total. The third kappa shape index (κ3) is 0.775. The Balaban J connectivity index is 2.01. The summed E-state index contributed by atoms with van der Waals surface area (Å²) in [7, 11) is 2.06. The fourth-order valence-corrected chi connectivity index (χ4v) is 2.17. The Labute approximate surface area is 56.0 Å². The average Bonchev–Trinajstić information content (AvgIpc) is 2.45. The lowest BCUT2D eigenvalue weighted by Crippen LogP contribution is -2.43. The van der Waals surface area contributed by atoms with Crippen molar-refractivity contribution in [1.29, 1.82) is 0 Å². The predicted octanol–water partition coefficient (Wildman–Crippen LogP) is -0.0438. The monoisotopic (exact) mass is 126 g/mol. The van der Waals surface area contributed by atoms with Crippen molar-refractivity contribution in [3.05, 3.63) is 0 Å². The van der Waals surface area contributed by atoms with Crippen molar-refractivity contribution in [3.63, 3.8) is 0 Å². The molecule has 2 bridgehead atoms. The molecule has 1 aliphatic heterocycles. The third-order valence-corrected chi connectivity index (χ3v) is 2.70. The summed E-state index contributed by atoms with van der Waals surface area (Å²) in [5, 5.41) is 6.83. The van der Waals surface area contributed by atoms with Crippen LogP contribution in [0.5, 0.6) is 0 Å². The lowest BCUT2D eigenvalue weighted by Gasteiger charge is -2.21. The second kappa shape index (κ2) is 1.96. The lowest BCUT2D eigenvalue weighted by molar-refractivity contribution is 0.400. The van der Waals surface area contributed by atoms with Crippen LogP contribution in [-0.2, 0) is 0 Å². The van der Waals surface area contributed by atoms with E-state index in [-0.39, 0.29) is 0 Å². The molecule has 0 amide bonds. The van der Waals surface area contributed by atoms with Gasteiger partial charge in [-0.15, -0.1) is 0 Å². The van der Waals surface area contributed by atoms with Crippen molar-refractivity contribution < 1.29 is 0 Å². The maximum Gasteiger partial charge on any atom is 0.0224 e. The maximum absolute atomic E-state index is 3.49. The summed E-state index contributed by atoms with van der Waals surface area (Å²) in [6, 6.07) is 1.56. The Morgan fingerprint density at radius 1 is 1.44 bits per heavy atom. The van der Waals surface area contributed by atoms with E-state index in [4.69, 9.17) is 0 Å². The molecular weight excluding hydrogens is 112 g/mol. The van der Waals surface area contributed by atoms with Crippen LogP contribution >= 0.6 is 0 Å². The molecule has 3 atom stereocenters. The highest BCUT2D eigenvalue weighted by molar-refractivity contribution is 4.98. The van der Waals surface area contributed by atoms with Crippen LogP contribution in [0.1, 0.15) is 12.8 Å². The highest BCUT2D eigenvalue weighted by Gasteiger charge is 2.38. The van der Waals surface area contributed by atoms with Crippen LogP contribution in [0.25, 0.3) is 0 Å². The van der Waals surface area contributed by atoms with Crippen molar-refractivity contribution in [2.75, 3.05) is 13.6 Å². The summed E-state index contributed by atoms with van der Waals surface area (Å²) in [4.78, 5) is 0. The number of hydrogen-bond donors (Lipinski definition) is 2. The van der Waals surface area contributed by atoms with Crippen LogP contribution in [0.3, 0.4) is 0 Å². The van der Waals surface area contributed by atoms with E-state index in [2.05, 4.69) is 17.7 Å². The zero-order valence-electron chi connectivity index (χ0n) is 5.85. The first kappa shape index (κ1) is 5.69. The number of nitrogens with one attached hydrogen (secondary N) is 2. The van der Waals surface area contributed by atoms with Gasteiger partial charge in [0.1, 0.15) is 0 Å². The molecule has 1 saturated heterocycles. The zero-order chi connectivity index (χ0) is 6.27. The summed E-state index contributed by atoms with van der Waals surface area (Å²) >= 11 is 0. The molecular formula is C7H14N2. The second-order valence-corrected chi connectivity index (χ2v) is 3.25. The van der Waals surface area contributed by atoms with Gasteiger partial charge in [0.15, 0.2) is 0 Å². The first-order chi connectivity index (χ1) is 4.40. The smallest absolute Gasteiger partial charge is 0.0224 e. The first-order valence-electron chi connectivity index (χ1n) is 3.81. The van der Waals surface area contributed by atoms with Gasteiger partial charge in [0.05, 0.1) is 0 Å².